The van der Waals surface area contributed by atoms with Crippen molar-refractivity contribution < 1.29 is 0 Å². The molecule has 3 unspecified atom stereocenters. The molecule has 25 nitrogen and oxygen atoms in total. The SMILES string of the molecule is C=CCN/N=C\C/C=C/N=C(/C=C/C)c1cncc2c1C=CCC2.C=CCN/N=C\C/C=C/NC(/C=C/C1CCCCC1)c1cn[nH]c1C.C=CN=C(C=C)c1cc(-c2cn[nH]c2C)nc2ccc(N)c(C=N)c12.CCC.CCCCCN=CC=C(N)C(=CN)C(=C/N)/C(=C\Cc1cn[nH]c1C)CCCC.N=CC1c2c(nc(C3=NC/C=C\C=C/CC=C3)c3c2CCCC3)C=CC1N. The molecule has 1 aromatic carbocycles. The summed E-state index contributed by atoms with van der Waals surface area (Å²) in [4.78, 5) is 32.3. The third kappa shape index (κ3) is 34.1. The number of benzene rings is 1. The molecule has 3 atom stereocenters. The number of allylic oxidation sites excluding steroid dienone is 16. The van der Waals surface area contributed by atoms with Gasteiger partial charge in [-0.2, -0.15) is 25.5 Å². The fraction of sp³-hybridized carbons (Fsp3) is 0.352. The van der Waals surface area contributed by atoms with Crippen LogP contribution in [0.15, 0.2) is 275 Å². The minimum atomic E-state index is -0.142. The van der Waals surface area contributed by atoms with E-state index in [0.29, 0.717) is 42.3 Å². The number of rotatable bonds is 38. The summed E-state index contributed by atoms with van der Waals surface area (Å²) in [5.41, 5.74) is 61.4. The predicted octanol–water partition coefficient (Wildman–Crippen LogP) is 21.3. The van der Waals surface area contributed by atoms with Crippen LogP contribution < -0.4 is 44.8 Å². The standard InChI is InChI=1S/C23H38N6.C23H26N4.C20H31N5.C20H24N4.C19H18N6.C3H8/c1-4-6-8-13-27-14-12-23(26)22(16-25)21(15-24)19(9-7-5-2)10-11-20-17-28-29-18(20)3;24-15-18-19(25)12-13-20-22(18)16-9-6-7-10-17(16)23(27-20)21-11-5-3-1-2-4-8-14-26-21;1-3-13-22-23-15-8-7-14-21-20(19-16-24-25-17(19)2)12-11-18-9-5-4-6-10-18;1-3-9-20(22-13-7-8-14-24-23-12-4-2)19-16-21-15-17-10-5-6-11-18(17)19;1-4-16(22-5-2)12-8-18(14-10-23-25-11(14)3)24-17-7-6-15(21)13(9-20)19(12)17;1-3-2/h10,12,14-17H,4-9,11,13,24-26H2,1-3H3,(H,28,29);1-2,4-5,8,11-13,15,18-19,24H,3,6-7,9-10,14,25H2;3,7,11-12,14-16,18,20-22H,1,4-6,8-10,13H2,2H3,(H,24,25);3-4,6-7,9,11,13-16,23H,2,5,8,10,12H2,1H3;4-10,20H,1-2,21H2,3H3,(H,23,25);3H2,1-2H3/b19-10-,21-15+,22-16?,23-12?,27-14?;2-1-,8-4-,11-5?,24-15?,26-21?;12-11+,14-7+,23-15-;9-3+,13-7+,22-20-,24-14-;;. The topological polar surface area (TPSA) is 413 Å². The van der Waals surface area contributed by atoms with Gasteiger partial charge in [-0.3, -0.25) is 40.2 Å². The van der Waals surface area contributed by atoms with Crippen LogP contribution in [0, 0.1) is 37.5 Å². The van der Waals surface area contributed by atoms with Crippen molar-refractivity contribution in [2.45, 2.75) is 215 Å². The second-order valence-electron chi connectivity index (χ2n) is 32.3. The summed E-state index contributed by atoms with van der Waals surface area (Å²) in [7, 11) is 0. The van der Waals surface area contributed by atoms with Gasteiger partial charge >= 0.3 is 0 Å². The van der Waals surface area contributed by atoms with E-state index in [9.17, 15) is 0 Å². The zero-order chi connectivity index (χ0) is 95.6. The summed E-state index contributed by atoms with van der Waals surface area (Å²) in [6, 6.07) is 5.51. The van der Waals surface area contributed by atoms with Gasteiger partial charge in [0.05, 0.1) is 84.0 Å². The number of unbranched alkanes of at least 4 members (excludes halogenated alkanes) is 3. The number of aliphatic imine (C=N–C) groups is 4. The van der Waals surface area contributed by atoms with Gasteiger partial charge in [0.1, 0.15) is 0 Å². The first-order valence-corrected chi connectivity index (χ1v) is 46.9. The lowest BCUT2D eigenvalue weighted by atomic mass is 9.77. The predicted molar refractivity (Wildman–Crippen MR) is 565 cm³/mol. The van der Waals surface area contributed by atoms with Crippen LogP contribution in [0.3, 0.4) is 0 Å². The highest BCUT2D eigenvalue weighted by Gasteiger charge is 2.31. The van der Waals surface area contributed by atoms with Crippen LogP contribution in [0.5, 0.6) is 0 Å². The molecule has 0 radical (unpaired) electrons. The van der Waals surface area contributed by atoms with E-state index < -0.39 is 0 Å². The highest BCUT2D eigenvalue weighted by atomic mass is 15.3. The molecule has 5 aliphatic rings. The number of hydrogen-bond donors (Lipinski definition) is 13. The van der Waals surface area contributed by atoms with Gasteiger partial charge in [0.2, 0.25) is 0 Å². The number of nitrogen functional groups attached to an aromatic ring is 1. The number of aromatic nitrogens is 9. The van der Waals surface area contributed by atoms with Crippen molar-refractivity contribution in [3.05, 3.63) is 328 Å². The first-order chi connectivity index (χ1) is 65.1. The number of fused-ring (bicyclic) bond motifs is 5. The Hall–Kier alpha value is -13.9. The maximum Gasteiger partial charge on any atom is 0.0923 e. The molecule has 1 fully saturated rings. The van der Waals surface area contributed by atoms with Crippen LogP contribution in [-0.2, 0) is 25.7 Å². The molecule has 0 saturated heterocycles. The molecule has 7 heterocycles. The monoisotopic (exact) mass is 1790 g/mol. The van der Waals surface area contributed by atoms with Crippen molar-refractivity contribution in [2.75, 3.05) is 31.9 Å². The molecule has 6 aromatic heterocycles. The molecule has 0 amide bonds. The van der Waals surface area contributed by atoms with Crippen molar-refractivity contribution in [1.82, 2.24) is 61.7 Å². The average Bonchev–Trinajstić information content (AvgIpc) is 1.18. The lowest BCUT2D eigenvalue weighted by Crippen LogP contribution is -2.32. The lowest BCUT2D eigenvalue weighted by Gasteiger charge is -2.30. The van der Waals surface area contributed by atoms with E-state index in [0.717, 1.165) is 185 Å². The van der Waals surface area contributed by atoms with Gasteiger partial charge in [-0.05, 0) is 211 Å². The lowest BCUT2D eigenvalue weighted by molar-refractivity contribution is 0.418. The van der Waals surface area contributed by atoms with Gasteiger partial charge in [-0.15, -0.1) is 13.2 Å². The number of nitrogens with two attached hydrogens (primary N) is 5. The molecule has 12 rings (SSSR count). The molecule has 1 aliphatic heterocycles. The number of H-pyrrole nitrogens is 3. The summed E-state index contributed by atoms with van der Waals surface area (Å²) < 4.78 is 0. The molecule has 133 heavy (non-hydrogen) atoms. The molecule has 1 saturated carbocycles. The number of aromatic amines is 3. The van der Waals surface area contributed by atoms with E-state index in [1.165, 1.54) is 122 Å². The molecule has 7 aromatic rings. The largest absolute Gasteiger partial charge is 0.404 e. The van der Waals surface area contributed by atoms with E-state index in [1.54, 1.807) is 55.2 Å². The highest BCUT2D eigenvalue weighted by Crippen LogP contribution is 2.38. The van der Waals surface area contributed by atoms with Crippen LogP contribution in [0.2, 0.25) is 0 Å². The van der Waals surface area contributed by atoms with Gasteiger partial charge in [-0.25, -0.2) is 9.97 Å². The van der Waals surface area contributed by atoms with Crippen molar-refractivity contribution in [2.24, 2.45) is 59.0 Å². The molecule has 0 bridgehead atoms. The second kappa shape index (κ2) is 61.6. The third-order valence-electron chi connectivity index (χ3n) is 22.4. The number of nitrogens with one attached hydrogen (secondary N) is 8. The van der Waals surface area contributed by atoms with Crippen LogP contribution >= 0.6 is 0 Å². The van der Waals surface area contributed by atoms with Crippen LogP contribution in [0.4, 0.5) is 5.69 Å². The summed E-state index contributed by atoms with van der Waals surface area (Å²) >= 11 is 0. The van der Waals surface area contributed by atoms with Crippen molar-refractivity contribution >= 4 is 77.0 Å². The van der Waals surface area contributed by atoms with Gasteiger partial charge in [0, 0.05) is 172 Å². The zero-order valence-corrected chi connectivity index (χ0v) is 79.8. The average molecular weight is 1790 g/mol. The van der Waals surface area contributed by atoms with Gasteiger partial charge < -0.3 is 55.7 Å². The van der Waals surface area contributed by atoms with Crippen molar-refractivity contribution in [3.63, 3.8) is 0 Å². The summed E-state index contributed by atoms with van der Waals surface area (Å²) in [6.07, 6.45) is 93.0. The number of hydrazone groups is 2. The molecule has 18 N–H and O–H groups in total. The van der Waals surface area contributed by atoms with Crippen LogP contribution in [-0.4, -0.2) is 126 Å². The van der Waals surface area contributed by atoms with Gasteiger partial charge in [-0.1, -0.05) is 183 Å². The number of hydrogen-bond acceptors (Lipinski definition) is 22. The minimum absolute atomic E-state index is 0.0759. The molecule has 4 aliphatic carbocycles. The van der Waals surface area contributed by atoms with E-state index >= 15 is 0 Å². The Kier molecular flexibility index (Phi) is 49.1. The second-order valence-corrected chi connectivity index (χ2v) is 32.3. The Morgan fingerprint density at radius 1 is 0.737 bits per heavy atom. The zero-order valence-electron chi connectivity index (χ0n) is 79.8. The Balaban J connectivity index is 0.000000225. The van der Waals surface area contributed by atoms with Crippen molar-refractivity contribution in [1.29, 1.82) is 10.8 Å². The van der Waals surface area contributed by atoms with Crippen molar-refractivity contribution in [3.8, 4) is 11.3 Å². The quantitative estimate of drug-likeness (QED) is 0.00427. The maximum absolute atomic E-state index is 7.91. The molecular weight excluding hydrogens is 1650 g/mol. The number of pyridine rings is 3. The van der Waals surface area contributed by atoms with E-state index in [-0.39, 0.29) is 18.0 Å². The molecular formula is C108H145N25. The van der Waals surface area contributed by atoms with Crippen LogP contribution in [0.25, 0.3) is 34.3 Å². The first-order valence-electron chi connectivity index (χ1n) is 46.9. The van der Waals surface area contributed by atoms with Gasteiger partial charge in [0.15, 0.2) is 0 Å². The summed E-state index contributed by atoms with van der Waals surface area (Å²) in [6.45, 7) is 34.2. The van der Waals surface area contributed by atoms with E-state index in [2.05, 4.69) is 211 Å². The smallest absolute Gasteiger partial charge is 0.0923 e. The van der Waals surface area contributed by atoms with E-state index in [4.69, 9.17) is 54.4 Å². The number of anilines is 1. The summed E-state index contributed by atoms with van der Waals surface area (Å²) in [5, 5.41) is 49.3. The minimum Gasteiger partial charge on any atom is -0.404 e. The number of aryl methyl sites for hydroxylation is 4. The fourth-order valence-corrected chi connectivity index (χ4v) is 15.5. The van der Waals surface area contributed by atoms with E-state index in [1.807, 2.05) is 107 Å². The molecule has 25 heteroatoms. The normalized spacial score (nSPS) is 16.7. The van der Waals surface area contributed by atoms with Gasteiger partial charge in [0.25, 0.3) is 0 Å². The molecule has 702 valence electrons. The fourth-order valence-electron chi connectivity index (χ4n) is 15.5. The highest BCUT2D eigenvalue weighted by molar-refractivity contribution is 6.20. The third-order valence-corrected chi connectivity index (χ3v) is 22.4. The first kappa shape index (κ1) is 106. The Morgan fingerprint density at radius 3 is 2.13 bits per heavy atom. The number of nitrogens with zero attached hydrogens (tertiary/aromatic N) is 12. The Labute approximate surface area is 790 Å². The maximum atomic E-state index is 7.91. The Morgan fingerprint density at radius 2 is 1.46 bits per heavy atom. The van der Waals surface area contributed by atoms with Crippen LogP contribution in [0.1, 0.15) is 246 Å². The molecule has 0 spiro atoms. The summed E-state index contributed by atoms with van der Waals surface area (Å²) in [5.74, 6) is 0.644. The Bertz CT molecular complexity index is 5500.